The first-order valence-electron chi connectivity index (χ1n) is 5.96. The van der Waals surface area contributed by atoms with Crippen LogP contribution in [0.2, 0.25) is 0 Å². The van der Waals surface area contributed by atoms with Gasteiger partial charge in [0.15, 0.2) is 0 Å². The van der Waals surface area contributed by atoms with E-state index in [1.165, 1.54) is 6.20 Å². The van der Waals surface area contributed by atoms with Gasteiger partial charge in [-0.05, 0) is 18.6 Å². The number of rotatable bonds is 4. The van der Waals surface area contributed by atoms with Gasteiger partial charge in [-0.2, -0.15) is 0 Å². The first-order valence-corrected chi connectivity index (χ1v) is 5.96. The van der Waals surface area contributed by atoms with E-state index in [9.17, 15) is 4.79 Å². The molecule has 0 saturated carbocycles. The molecule has 0 fully saturated rings. The van der Waals surface area contributed by atoms with Crippen LogP contribution in [0, 0.1) is 6.92 Å². The van der Waals surface area contributed by atoms with Gasteiger partial charge in [0.25, 0.3) is 5.91 Å². The number of pyridine rings is 1. The summed E-state index contributed by atoms with van der Waals surface area (Å²) in [5.41, 5.74) is 5.36. The summed E-state index contributed by atoms with van der Waals surface area (Å²) >= 11 is 0. The van der Waals surface area contributed by atoms with E-state index in [-0.39, 0.29) is 5.91 Å². The monoisotopic (exact) mass is 256 g/mol. The number of aryl methyl sites for hydroxylation is 1. The fourth-order valence-corrected chi connectivity index (χ4v) is 1.73. The van der Waals surface area contributed by atoms with Gasteiger partial charge in [0.05, 0.1) is 11.3 Å². The van der Waals surface area contributed by atoms with Gasteiger partial charge in [-0.1, -0.05) is 30.3 Å². The Kier molecular flexibility index (Phi) is 4.10. The number of carbonyl (C=O) groups is 1. The number of amides is 1. The smallest absolute Gasteiger partial charge is 0.255 e. The van der Waals surface area contributed by atoms with Gasteiger partial charge in [-0.3, -0.25) is 15.6 Å². The average Bonchev–Trinajstić information content (AvgIpc) is 2.45. The molecule has 0 aliphatic heterocycles. The van der Waals surface area contributed by atoms with Crippen LogP contribution >= 0.6 is 0 Å². The maximum atomic E-state index is 12.1. The maximum absolute atomic E-state index is 12.1. The molecular weight excluding hydrogens is 240 g/mol. The number of benzene rings is 1. The molecule has 0 saturated heterocycles. The fourth-order valence-electron chi connectivity index (χ4n) is 1.73. The first kappa shape index (κ1) is 13.0. The highest BCUT2D eigenvalue weighted by Gasteiger charge is 2.11. The minimum Gasteiger partial charge on any atom is -0.348 e. The molecule has 0 aliphatic rings. The number of nitrogen functional groups attached to an aromatic ring is 1. The summed E-state index contributed by atoms with van der Waals surface area (Å²) in [6.45, 7) is 2.31. The Morgan fingerprint density at radius 2 is 2.05 bits per heavy atom. The van der Waals surface area contributed by atoms with E-state index in [1.54, 1.807) is 6.07 Å². The molecule has 1 amide bonds. The zero-order valence-electron chi connectivity index (χ0n) is 10.7. The van der Waals surface area contributed by atoms with Crippen LogP contribution in [0.1, 0.15) is 21.6 Å². The van der Waals surface area contributed by atoms with Crippen molar-refractivity contribution < 1.29 is 4.79 Å². The predicted molar refractivity (Wildman–Crippen MR) is 74.4 cm³/mol. The van der Waals surface area contributed by atoms with Gasteiger partial charge in [0.2, 0.25) is 0 Å². The summed E-state index contributed by atoms with van der Waals surface area (Å²) in [5, 5.41) is 2.83. The van der Waals surface area contributed by atoms with Gasteiger partial charge in [0, 0.05) is 18.4 Å². The Morgan fingerprint density at radius 1 is 1.32 bits per heavy atom. The lowest BCUT2D eigenvalue weighted by Crippen LogP contribution is -2.25. The van der Waals surface area contributed by atoms with Gasteiger partial charge >= 0.3 is 0 Å². The van der Waals surface area contributed by atoms with Gasteiger partial charge in [-0.15, -0.1) is 0 Å². The number of anilines is 1. The highest BCUT2D eigenvalue weighted by atomic mass is 16.1. The number of nitrogens with two attached hydrogens (primary N) is 1. The van der Waals surface area contributed by atoms with Crippen molar-refractivity contribution >= 4 is 11.6 Å². The third-order valence-electron chi connectivity index (χ3n) is 2.74. The molecule has 0 atom stereocenters. The van der Waals surface area contributed by atoms with E-state index < -0.39 is 0 Å². The number of hydrazine groups is 1. The SMILES string of the molecule is Cc1cc(NN)c(C(=O)NCc2ccccc2)cn1. The van der Waals surface area contributed by atoms with E-state index >= 15 is 0 Å². The zero-order valence-corrected chi connectivity index (χ0v) is 10.7. The highest BCUT2D eigenvalue weighted by molar-refractivity contribution is 5.99. The molecule has 2 rings (SSSR count). The molecular formula is C14H16N4O. The summed E-state index contributed by atoms with van der Waals surface area (Å²) < 4.78 is 0. The van der Waals surface area contributed by atoms with Gasteiger partial charge < -0.3 is 10.7 Å². The van der Waals surface area contributed by atoms with Crippen molar-refractivity contribution in [2.24, 2.45) is 5.84 Å². The van der Waals surface area contributed by atoms with E-state index in [0.29, 0.717) is 17.8 Å². The van der Waals surface area contributed by atoms with Crippen molar-refractivity contribution in [3.63, 3.8) is 0 Å². The lowest BCUT2D eigenvalue weighted by atomic mass is 10.2. The molecule has 1 aromatic carbocycles. The molecule has 98 valence electrons. The Labute approximate surface area is 111 Å². The Balaban J connectivity index is 2.08. The van der Waals surface area contributed by atoms with Crippen molar-refractivity contribution in [2.75, 3.05) is 5.43 Å². The second kappa shape index (κ2) is 5.97. The first-order chi connectivity index (χ1) is 9.20. The van der Waals surface area contributed by atoms with E-state index in [0.717, 1.165) is 11.3 Å². The van der Waals surface area contributed by atoms with Crippen LogP contribution in [0.3, 0.4) is 0 Å². The minimum atomic E-state index is -0.204. The summed E-state index contributed by atoms with van der Waals surface area (Å²) in [5.74, 6) is 5.20. The molecule has 4 N–H and O–H groups in total. The second-order valence-electron chi connectivity index (χ2n) is 4.18. The van der Waals surface area contributed by atoms with Gasteiger partial charge in [-0.25, -0.2) is 0 Å². The van der Waals surface area contributed by atoms with Crippen LogP contribution in [0.25, 0.3) is 0 Å². The number of aromatic nitrogens is 1. The van der Waals surface area contributed by atoms with E-state index in [2.05, 4.69) is 15.7 Å². The molecule has 5 nitrogen and oxygen atoms in total. The molecule has 1 heterocycles. The standard InChI is InChI=1S/C14H16N4O/c1-10-7-13(18-15)12(9-16-10)14(19)17-8-11-5-3-2-4-6-11/h2-7,9H,8,15H2,1H3,(H,16,18)(H,17,19). The topological polar surface area (TPSA) is 80.0 Å². The lowest BCUT2D eigenvalue weighted by Gasteiger charge is -2.10. The number of hydrogen-bond donors (Lipinski definition) is 3. The molecule has 0 spiro atoms. The van der Waals surface area contributed by atoms with Crippen molar-refractivity contribution in [1.29, 1.82) is 0 Å². The van der Waals surface area contributed by atoms with Crippen molar-refractivity contribution in [2.45, 2.75) is 13.5 Å². The van der Waals surface area contributed by atoms with E-state index in [1.807, 2.05) is 37.3 Å². The largest absolute Gasteiger partial charge is 0.348 e. The molecule has 0 bridgehead atoms. The summed E-state index contributed by atoms with van der Waals surface area (Å²) in [6.07, 6.45) is 1.52. The van der Waals surface area contributed by atoms with E-state index in [4.69, 9.17) is 5.84 Å². The summed E-state index contributed by atoms with van der Waals surface area (Å²) in [4.78, 5) is 16.2. The predicted octanol–water partition coefficient (Wildman–Crippen LogP) is 1.61. The summed E-state index contributed by atoms with van der Waals surface area (Å²) in [7, 11) is 0. The number of hydrogen-bond acceptors (Lipinski definition) is 4. The van der Waals surface area contributed by atoms with Crippen LogP contribution in [-0.4, -0.2) is 10.9 Å². The summed E-state index contributed by atoms with van der Waals surface area (Å²) in [6, 6.07) is 11.4. The third-order valence-corrected chi connectivity index (χ3v) is 2.74. The molecule has 0 unspecified atom stereocenters. The molecule has 0 radical (unpaired) electrons. The Morgan fingerprint density at radius 3 is 2.74 bits per heavy atom. The minimum absolute atomic E-state index is 0.204. The van der Waals surface area contributed by atoms with Crippen LogP contribution < -0.4 is 16.6 Å². The number of carbonyl (C=O) groups excluding carboxylic acids is 1. The normalized spacial score (nSPS) is 10.0. The van der Waals surface area contributed by atoms with Crippen LogP contribution in [0.5, 0.6) is 0 Å². The maximum Gasteiger partial charge on any atom is 0.255 e. The van der Waals surface area contributed by atoms with Crippen molar-refractivity contribution in [1.82, 2.24) is 10.3 Å². The average molecular weight is 256 g/mol. The second-order valence-corrected chi connectivity index (χ2v) is 4.18. The molecule has 0 aliphatic carbocycles. The molecule has 5 heteroatoms. The number of nitrogens with zero attached hydrogens (tertiary/aromatic N) is 1. The lowest BCUT2D eigenvalue weighted by molar-refractivity contribution is 0.0951. The Hall–Kier alpha value is -2.40. The highest BCUT2D eigenvalue weighted by Crippen LogP contribution is 2.14. The van der Waals surface area contributed by atoms with Crippen LogP contribution in [-0.2, 0) is 6.54 Å². The fraction of sp³-hybridized carbons (Fsp3) is 0.143. The zero-order chi connectivity index (χ0) is 13.7. The third kappa shape index (κ3) is 3.29. The van der Waals surface area contributed by atoms with Crippen molar-refractivity contribution in [3.05, 3.63) is 59.4 Å². The molecule has 1 aromatic heterocycles. The van der Waals surface area contributed by atoms with Crippen molar-refractivity contribution in [3.8, 4) is 0 Å². The molecule has 19 heavy (non-hydrogen) atoms. The Bertz CT molecular complexity index is 569. The quantitative estimate of drug-likeness (QED) is 0.573. The van der Waals surface area contributed by atoms with Gasteiger partial charge in [0.1, 0.15) is 0 Å². The van der Waals surface area contributed by atoms with Crippen LogP contribution in [0.15, 0.2) is 42.6 Å². The molecule has 2 aromatic rings. The van der Waals surface area contributed by atoms with Crippen LogP contribution in [0.4, 0.5) is 5.69 Å². The number of nitrogens with one attached hydrogen (secondary N) is 2.